The highest BCUT2D eigenvalue weighted by Gasteiger charge is 2.28. The zero-order chi connectivity index (χ0) is 11.3. The summed E-state index contributed by atoms with van der Waals surface area (Å²) >= 11 is 0. The van der Waals surface area contributed by atoms with Gasteiger partial charge in [-0.15, -0.1) is 0 Å². The van der Waals surface area contributed by atoms with E-state index in [1.807, 2.05) is 0 Å². The minimum atomic E-state index is 0.689. The molecule has 0 aromatic carbocycles. The van der Waals surface area contributed by atoms with E-state index in [2.05, 4.69) is 37.9 Å². The Morgan fingerprint density at radius 3 is 2.33 bits per heavy atom. The Balaban J connectivity index is 2.41. The van der Waals surface area contributed by atoms with E-state index in [1.165, 1.54) is 25.8 Å². The molecule has 1 saturated carbocycles. The molecule has 0 spiro atoms. The summed E-state index contributed by atoms with van der Waals surface area (Å²) in [5, 5.41) is 3.49. The van der Waals surface area contributed by atoms with Crippen LogP contribution >= 0.6 is 0 Å². The van der Waals surface area contributed by atoms with Crippen molar-refractivity contribution in [3.8, 4) is 0 Å². The summed E-state index contributed by atoms with van der Waals surface area (Å²) in [5.41, 5.74) is 0. The molecule has 1 N–H and O–H groups in total. The van der Waals surface area contributed by atoms with E-state index in [0.717, 1.165) is 25.0 Å². The molecule has 0 radical (unpaired) electrons. The van der Waals surface area contributed by atoms with Crippen LogP contribution in [0.15, 0.2) is 0 Å². The number of likely N-dealkylation sites (N-methyl/N-ethyl adjacent to an activating group) is 1. The lowest BCUT2D eigenvalue weighted by Gasteiger charge is -2.34. The number of hydrogen-bond donors (Lipinski definition) is 1. The molecule has 90 valence electrons. The minimum absolute atomic E-state index is 0.689. The Hall–Kier alpha value is -0.0800. The van der Waals surface area contributed by atoms with Gasteiger partial charge in [0, 0.05) is 25.2 Å². The third kappa shape index (κ3) is 4.52. The van der Waals surface area contributed by atoms with E-state index in [4.69, 9.17) is 0 Å². The van der Waals surface area contributed by atoms with E-state index >= 15 is 0 Å². The highest BCUT2D eigenvalue weighted by atomic mass is 15.2. The maximum atomic E-state index is 3.49. The van der Waals surface area contributed by atoms with Gasteiger partial charge in [-0.1, -0.05) is 13.8 Å². The van der Waals surface area contributed by atoms with Crippen LogP contribution in [0.4, 0.5) is 0 Å². The molecule has 0 amide bonds. The Morgan fingerprint density at radius 2 is 1.93 bits per heavy atom. The van der Waals surface area contributed by atoms with Crippen molar-refractivity contribution in [1.29, 1.82) is 0 Å². The maximum absolute atomic E-state index is 3.49. The van der Waals surface area contributed by atoms with Crippen LogP contribution in [0, 0.1) is 5.92 Å². The van der Waals surface area contributed by atoms with Gasteiger partial charge in [0.25, 0.3) is 0 Å². The Bertz CT molecular complexity index is 164. The van der Waals surface area contributed by atoms with Crippen LogP contribution < -0.4 is 5.32 Å². The Kier molecular flexibility index (Phi) is 5.62. The first kappa shape index (κ1) is 13.0. The summed E-state index contributed by atoms with van der Waals surface area (Å²) in [4.78, 5) is 2.69. The summed E-state index contributed by atoms with van der Waals surface area (Å²) < 4.78 is 0. The first-order chi connectivity index (χ1) is 7.19. The van der Waals surface area contributed by atoms with E-state index in [-0.39, 0.29) is 0 Å². The monoisotopic (exact) mass is 212 g/mol. The van der Waals surface area contributed by atoms with Gasteiger partial charge in [-0.2, -0.15) is 0 Å². The smallest absolute Gasteiger partial charge is 0.0220 e. The third-order valence-electron chi connectivity index (χ3n) is 3.40. The van der Waals surface area contributed by atoms with Gasteiger partial charge in [-0.05, 0) is 45.6 Å². The van der Waals surface area contributed by atoms with Gasteiger partial charge in [0.05, 0.1) is 0 Å². The fourth-order valence-corrected chi connectivity index (χ4v) is 2.19. The molecule has 0 aromatic heterocycles. The molecule has 1 aliphatic carbocycles. The van der Waals surface area contributed by atoms with Gasteiger partial charge in [0.1, 0.15) is 0 Å². The quantitative estimate of drug-likeness (QED) is 0.665. The van der Waals surface area contributed by atoms with Crippen molar-refractivity contribution in [2.45, 2.75) is 59.0 Å². The van der Waals surface area contributed by atoms with Crippen LogP contribution in [-0.4, -0.2) is 36.6 Å². The molecule has 0 aromatic rings. The molecule has 2 nitrogen and oxygen atoms in total. The second kappa shape index (κ2) is 6.49. The Labute approximate surface area is 95.4 Å². The van der Waals surface area contributed by atoms with Crippen molar-refractivity contribution in [2.24, 2.45) is 5.92 Å². The normalized spacial score (nSPS) is 18.8. The summed E-state index contributed by atoms with van der Waals surface area (Å²) in [6, 6.07) is 1.42. The van der Waals surface area contributed by atoms with Gasteiger partial charge in [-0.25, -0.2) is 0 Å². The van der Waals surface area contributed by atoms with E-state index in [1.54, 1.807) is 0 Å². The largest absolute Gasteiger partial charge is 0.315 e. The van der Waals surface area contributed by atoms with Gasteiger partial charge in [0.15, 0.2) is 0 Å². The topological polar surface area (TPSA) is 15.3 Å². The molecule has 0 bridgehead atoms. The van der Waals surface area contributed by atoms with Crippen LogP contribution in [0.5, 0.6) is 0 Å². The molecular weight excluding hydrogens is 184 g/mol. The molecule has 0 aliphatic heterocycles. The number of nitrogens with one attached hydrogen (secondary N) is 1. The molecule has 15 heavy (non-hydrogen) atoms. The van der Waals surface area contributed by atoms with E-state index in [9.17, 15) is 0 Å². The van der Waals surface area contributed by atoms with Crippen molar-refractivity contribution < 1.29 is 0 Å². The second-order valence-electron chi connectivity index (χ2n) is 5.10. The van der Waals surface area contributed by atoms with Gasteiger partial charge < -0.3 is 5.32 Å². The van der Waals surface area contributed by atoms with Crippen molar-refractivity contribution in [2.75, 3.05) is 19.6 Å². The second-order valence-corrected chi connectivity index (χ2v) is 5.10. The number of nitrogens with zero attached hydrogens (tertiary/aromatic N) is 1. The lowest BCUT2D eigenvalue weighted by atomic mass is 10.1. The zero-order valence-electron chi connectivity index (χ0n) is 10.9. The summed E-state index contributed by atoms with van der Waals surface area (Å²) in [6.45, 7) is 12.7. The molecule has 1 rings (SSSR count). The molecule has 1 fully saturated rings. The van der Waals surface area contributed by atoms with Crippen LogP contribution in [0.1, 0.15) is 47.0 Å². The summed E-state index contributed by atoms with van der Waals surface area (Å²) in [6.07, 6.45) is 4.18. The van der Waals surface area contributed by atoms with Crippen LogP contribution in [-0.2, 0) is 0 Å². The predicted octanol–water partition coefficient (Wildman–Crippen LogP) is 2.49. The number of hydrogen-bond acceptors (Lipinski definition) is 2. The SMILES string of the molecule is CCNCC(CC)N(CC1CC1)C(C)C. The average molecular weight is 212 g/mol. The lowest BCUT2D eigenvalue weighted by Crippen LogP contribution is -2.46. The van der Waals surface area contributed by atoms with Crippen molar-refractivity contribution >= 4 is 0 Å². The third-order valence-corrected chi connectivity index (χ3v) is 3.40. The van der Waals surface area contributed by atoms with Crippen LogP contribution in [0.3, 0.4) is 0 Å². The first-order valence-corrected chi connectivity index (χ1v) is 6.65. The molecule has 1 atom stereocenters. The molecular formula is C13H28N2. The highest BCUT2D eigenvalue weighted by molar-refractivity contribution is 4.83. The maximum Gasteiger partial charge on any atom is 0.0220 e. The minimum Gasteiger partial charge on any atom is -0.315 e. The lowest BCUT2D eigenvalue weighted by molar-refractivity contribution is 0.139. The standard InChI is InChI=1S/C13H28N2/c1-5-13(9-14-6-2)15(11(3)4)10-12-7-8-12/h11-14H,5-10H2,1-4H3. The molecule has 1 aliphatic rings. The highest BCUT2D eigenvalue weighted by Crippen LogP contribution is 2.31. The molecule has 0 heterocycles. The first-order valence-electron chi connectivity index (χ1n) is 6.65. The van der Waals surface area contributed by atoms with E-state index in [0.29, 0.717) is 6.04 Å². The fraction of sp³-hybridized carbons (Fsp3) is 1.00. The summed E-state index contributed by atoms with van der Waals surface area (Å²) in [5.74, 6) is 1.00. The van der Waals surface area contributed by atoms with Crippen LogP contribution in [0.25, 0.3) is 0 Å². The van der Waals surface area contributed by atoms with Gasteiger partial charge in [0.2, 0.25) is 0 Å². The molecule has 2 heteroatoms. The Morgan fingerprint density at radius 1 is 1.27 bits per heavy atom. The molecule has 1 unspecified atom stereocenters. The van der Waals surface area contributed by atoms with Crippen molar-refractivity contribution in [1.82, 2.24) is 10.2 Å². The predicted molar refractivity (Wildman–Crippen MR) is 67.2 cm³/mol. The van der Waals surface area contributed by atoms with Crippen molar-refractivity contribution in [3.63, 3.8) is 0 Å². The molecule has 0 saturated heterocycles. The summed E-state index contributed by atoms with van der Waals surface area (Å²) in [7, 11) is 0. The van der Waals surface area contributed by atoms with Gasteiger partial charge >= 0.3 is 0 Å². The van der Waals surface area contributed by atoms with E-state index < -0.39 is 0 Å². The number of rotatable bonds is 8. The van der Waals surface area contributed by atoms with Gasteiger partial charge in [-0.3, -0.25) is 4.90 Å². The van der Waals surface area contributed by atoms with Crippen molar-refractivity contribution in [3.05, 3.63) is 0 Å². The van der Waals surface area contributed by atoms with Crippen LogP contribution in [0.2, 0.25) is 0 Å². The fourth-order valence-electron chi connectivity index (χ4n) is 2.19. The average Bonchev–Trinajstić information content (AvgIpc) is 3.00. The zero-order valence-corrected chi connectivity index (χ0v) is 10.9.